The number of rotatable bonds is 9. The molecule has 210 valence electrons. The van der Waals surface area contributed by atoms with E-state index in [-0.39, 0.29) is 52.5 Å². The van der Waals surface area contributed by atoms with E-state index in [1.54, 1.807) is 6.92 Å². The van der Waals surface area contributed by atoms with Crippen molar-refractivity contribution < 1.29 is 31.9 Å². The molecule has 2 heterocycles. The van der Waals surface area contributed by atoms with Gasteiger partial charge in [-0.1, -0.05) is 31.7 Å². The monoisotopic (exact) mass is 567 g/mol. The number of alkyl halides is 3. The van der Waals surface area contributed by atoms with Gasteiger partial charge in [0.05, 0.1) is 17.9 Å². The van der Waals surface area contributed by atoms with Crippen molar-refractivity contribution in [3.63, 3.8) is 0 Å². The standard InChI is InChI=1S/C26H29F4N5O3S/c1-13(2)14(3)34-22(37)25-9-20(25)24(4,35-23(31)39-25)16-7-15(5-6-17(16)27)8-19(36)18-10-33-21(11-32-18)38-12-26(28,29)30/h5-7,10-11,13-14,20H,8-9,12H2,1-4H3,(H2,31,35)(H,34,37)/t14-,20+,24-,25+/m1/s1. The molecule has 0 bridgehead atoms. The highest BCUT2D eigenvalue weighted by Crippen LogP contribution is 2.66. The first-order valence-electron chi connectivity index (χ1n) is 12.3. The van der Waals surface area contributed by atoms with E-state index in [9.17, 15) is 22.8 Å². The normalized spacial score (nSPS) is 24.9. The number of thioether (sulfide) groups is 1. The fourth-order valence-corrected chi connectivity index (χ4v) is 5.99. The topological polar surface area (TPSA) is 120 Å². The number of amidine groups is 1. The summed E-state index contributed by atoms with van der Waals surface area (Å²) >= 11 is 1.20. The van der Waals surface area contributed by atoms with Crippen LogP contribution in [0, 0.1) is 17.7 Å². The fourth-order valence-electron chi connectivity index (χ4n) is 4.60. The third kappa shape index (κ3) is 6.02. The van der Waals surface area contributed by atoms with Crippen LogP contribution in [0.2, 0.25) is 0 Å². The molecular weight excluding hydrogens is 538 g/mol. The van der Waals surface area contributed by atoms with E-state index in [1.165, 1.54) is 30.0 Å². The molecule has 1 aliphatic heterocycles. The van der Waals surface area contributed by atoms with Gasteiger partial charge in [0.15, 0.2) is 17.6 Å². The summed E-state index contributed by atoms with van der Waals surface area (Å²) in [6.07, 6.45) is -2.27. The maximum Gasteiger partial charge on any atom is 0.422 e. The SMILES string of the molecule is CC(C)[C@@H](C)NC(=O)[C@]12C[C@H]1[C@@](C)(c1cc(CC(=O)c3cnc(OCC(F)(F)F)cn3)ccc1F)N=C(N)S2. The molecule has 13 heteroatoms. The lowest BCUT2D eigenvalue weighted by atomic mass is 9.84. The molecule has 1 saturated carbocycles. The third-order valence-electron chi connectivity index (χ3n) is 7.20. The van der Waals surface area contributed by atoms with Crippen LogP contribution < -0.4 is 15.8 Å². The highest BCUT2D eigenvalue weighted by atomic mass is 32.2. The van der Waals surface area contributed by atoms with Gasteiger partial charge >= 0.3 is 6.18 Å². The number of hydrogen-bond donors (Lipinski definition) is 2. The van der Waals surface area contributed by atoms with Gasteiger partial charge in [-0.15, -0.1) is 0 Å². The molecule has 3 N–H and O–H groups in total. The van der Waals surface area contributed by atoms with Crippen LogP contribution in [-0.2, 0) is 16.8 Å². The lowest BCUT2D eigenvalue weighted by Crippen LogP contribution is -2.47. The Morgan fingerprint density at radius 3 is 2.56 bits per heavy atom. The molecule has 1 fully saturated rings. The lowest BCUT2D eigenvalue weighted by Gasteiger charge is -2.34. The van der Waals surface area contributed by atoms with Crippen molar-refractivity contribution >= 4 is 28.6 Å². The predicted octanol–water partition coefficient (Wildman–Crippen LogP) is 4.18. The Morgan fingerprint density at radius 2 is 1.95 bits per heavy atom. The minimum Gasteiger partial charge on any atom is -0.467 e. The van der Waals surface area contributed by atoms with Gasteiger partial charge in [-0.25, -0.2) is 14.4 Å². The average molecular weight is 568 g/mol. The molecule has 8 nitrogen and oxygen atoms in total. The second-order valence-electron chi connectivity index (χ2n) is 10.4. The van der Waals surface area contributed by atoms with Gasteiger partial charge in [0.2, 0.25) is 11.8 Å². The van der Waals surface area contributed by atoms with Crippen LogP contribution in [0.5, 0.6) is 5.88 Å². The first-order valence-corrected chi connectivity index (χ1v) is 13.2. The number of aromatic nitrogens is 2. The number of nitrogens with two attached hydrogens (primary N) is 1. The Hall–Kier alpha value is -3.22. The summed E-state index contributed by atoms with van der Waals surface area (Å²) in [5.41, 5.74) is 5.62. The van der Waals surface area contributed by atoms with E-state index < -0.39 is 34.7 Å². The second kappa shape index (κ2) is 10.4. The Kier molecular flexibility index (Phi) is 7.67. The molecule has 1 amide bonds. The molecule has 0 radical (unpaired) electrons. The van der Waals surface area contributed by atoms with Gasteiger partial charge in [-0.2, -0.15) is 13.2 Å². The number of nitrogens with zero attached hydrogens (tertiary/aromatic N) is 3. The Bertz CT molecular complexity index is 1300. The number of halogens is 4. The first-order chi connectivity index (χ1) is 18.1. The van der Waals surface area contributed by atoms with E-state index in [1.807, 2.05) is 20.8 Å². The number of benzene rings is 1. The number of carbonyl (C=O) groups is 2. The number of carbonyl (C=O) groups excluding carboxylic acids is 2. The van der Waals surface area contributed by atoms with Crippen LogP contribution in [0.15, 0.2) is 35.6 Å². The average Bonchev–Trinajstić information content (AvgIpc) is 3.60. The Labute approximate surface area is 227 Å². The zero-order valence-corrected chi connectivity index (χ0v) is 22.6. The van der Waals surface area contributed by atoms with Gasteiger partial charge in [0.25, 0.3) is 0 Å². The summed E-state index contributed by atoms with van der Waals surface area (Å²) in [7, 11) is 0. The van der Waals surface area contributed by atoms with Crippen molar-refractivity contribution in [2.24, 2.45) is 22.6 Å². The fraction of sp³-hybridized carbons (Fsp3) is 0.500. The molecule has 0 unspecified atom stereocenters. The zero-order chi connectivity index (χ0) is 28.8. The first kappa shape index (κ1) is 28.8. The van der Waals surface area contributed by atoms with E-state index in [0.29, 0.717) is 12.0 Å². The smallest absolute Gasteiger partial charge is 0.422 e. The van der Waals surface area contributed by atoms with E-state index in [4.69, 9.17) is 5.73 Å². The largest absolute Gasteiger partial charge is 0.467 e. The number of fused-ring (bicyclic) bond motifs is 1. The molecule has 4 rings (SSSR count). The number of ether oxygens (including phenoxy) is 1. The number of aliphatic imine (C=N–C) groups is 1. The number of amides is 1. The quantitative estimate of drug-likeness (QED) is 0.345. The molecule has 4 atom stereocenters. The van der Waals surface area contributed by atoms with Gasteiger partial charge in [0.1, 0.15) is 16.3 Å². The summed E-state index contributed by atoms with van der Waals surface area (Å²) in [4.78, 5) is 38.2. The minimum absolute atomic E-state index is 0.0560. The number of hydrogen-bond acceptors (Lipinski definition) is 8. The number of nitrogens with one attached hydrogen (secondary N) is 1. The maximum absolute atomic E-state index is 15.2. The molecule has 2 aliphatic rings. The summed E-state index contributed by atoms with van der Waals surface area (Å²) in [5, 5.41) is 3.23. The van der Waals surface area contributed by atoms with Gasteiger partial charge < -0.3 is 15.8 Å². The molecule has 39 heavy (non-hydrogen) atoms. The number of Topliss-reactive ketones (excluding diaryl/α,β-unsaturated/α-hetero) is 1. The number of ketones is 1. The van der Waals surface area contributed by atoms with Crippen molar-refractivity contribution in [1.29, 1.82) is 0 Å². The van der Waals surface area contributed by atoms with Crippen molar-refractivity contribution in [2.45, 2.75) is 63.0 Å². The van der Waals surface area contributed by atoms with Crippen LogP contribution in [0.3, 0.4) is 0 Å². The summed E-state index contributed by atoms with van der Waals surface area (Å²) in [5.74, 6) is -1.62. The molecule has 1 aromatic carbocycles. The van der Waals surface area contributed by atoms with Crippen LogP contribution in [0.1, 0.15) is 55.7 Å². The van der Waals surface area contributed by atoms with Crippen molar-refractivity contribution in [3.05, 3.63) is 53.2 Å². The van der Waals surface area contributed by atoms with Crippen LogP contribution in [0.25, 0.3) is 0 Å². The second-order valence-corrected chi connectivity index (χ2v) is 11.8. The van der Waals surface area contributed by atoms with Crippen LogP contribution in [0.4, 0.5) is 17.6 Å². The maximum atomic E-state index is 15.2. The van der Waals surface area contributed by atoms with Crippen molar-refractivity contribution in [3.8, 4) is 5.88 Å². The van der Waals surface area contributed by atoms with Crippen molar-refractivity contribution in [2.75, 3.05) is 6.61 Å². The zero-order valence-electron chi connectivity index (χ0n) is 21.8. The van der Waals surface area contributed by atoms with E-state index in [0.717, 1.165) is 12.4 Å². The molecule has 1 aromatic heterocycles. The highest BCUT2D eigenvalue weighted by molar-refractivity contribution is 8.15. The van der Waals surface area contributed by atoms with Gasteiger partial charge in [-0.05, 0) is 43.9 Å². The van der Waals surface area contributed by atoms with Crippen LogP contribution >= 0.6 is 11.8 Å². The third-order valence-corrected chi connectivity index (χ3v) is 8.50. The lowest BCUT2D eigenvalue weighted by molar-refractivity contribution is -0.154. The summed E-state index contributed by atoms with van der Waals surface area (Å²) in [6, 6.07) is 4.17. The summed E-state index contributed by atoms with van der Waals surface area (Å²) in [6.45, 7) is 6.14. The molecule has 0 spiro atoms. The van der Waals surface area contributed by atoms with Crippen LogP contribution in [-0.4, -0.2) is 50.4 Å². The van der Waals surface area contributed by atoms with Crippen molar-refractivity contribution in [1.82, 2.24) is 15.3 Å². The van der Waals surface area contributed by atoms with Gasteiger partial charge in [0, 0.05) is 23.9 Å². The van der Waals surface area contributed by atoms with E-state index >= 15 is 4.39 Å². The molecule has 1 aliphatic carbocycles. The predicted molar refractivity (Wildman–Crippen MR) is 138 cm³/mol. The molecule has 2 aromatic rings. The molecular formula is C26H29F4N5O3S. The highest BCUT2D eigenvalue weighted by Gasteiger charge is 2.70. The summed E-state index contributed by atoms with van der Waals surface area (Å²) < 4.78 is 55.8. The Balaban J connectivity index is 1.53. The minimum atomic E-state index is -4.53. The Morgan fingerprint density at radius 1 is 1.23 bits per heavy atom. The van der Waals surface area contributed by atoms with Gasteiger partial charge in [-0.3, -0.25) is 14.6 Å². The molecule has 0 saturated heterocycles. The van der Waals surface area contributed by atoms with E-state index in [2.05, 4.69) is 25.0 Å².